The zero-order chi connectivity index (χ0) is 10.8. The van der Waals surface area contributed by atoms with Gasteiger partial charge in [-0.25, -0.2) is 6.08 Å². The molecule has 1 aliphatic rings. The van der Waals surface area contributed by atoms with Gasteiger partial charge in [0.1, 0.15) is 0 Å². The summed E-state index contributed by atoms with van der Waals surface area (Å²) >= 11 is 11.8. The van der Waals surface area contributed by atoms with Crippen LogP contribution in [0.4, 0.5) is 0 Å². The van der Waals surface area contributed by atoms with E-state index in [-0.39, 0.29) is 38.1 Å². The van der Waals surface area contributed by atoms with Crippen LogP contribution < -0.4 is 5.32 Å². The number of alkyl halides is 1. The minimum Gasteiger partial charge on any atom is -0.392 e. The fourth-order valence-corrected chi connectivity index (χ4v) is 1.65. The maximum absolute atomic E-state index is 5.99. The van der Waals surface area contributed by atoms with Crippen LogP contribution in [0.5, 0.6) is 0 Å². The molecule has 1 nitrogen and oxygen atoms in total. The first kappa shape index (κ1) is 14.2. The van der Waals surface area contributed by atoms with E-state index in [1.807, 2.05) is 24.3 Å². The minimum absolute atomic E-state index is 0. The molecule has 0 saturated carbocycles. The molecule has 0 saturated heterocycles. The summed E-state index contributed by atoms with van der Waals surface area (Å²) in [6, 6.07) is 7.59. The summed E-state index contributed by atoms with van der Waals surface area (Å²) in [5, 5.41) is 3.80. The Morgan fingerprint density at radius 2 is 1.94 bits per heavy atom. The Bertz CT molecular complexity index is 412. The third-order valence-electron chi connectivity index (χ3n) is 2.25. The first-order valence-electron chi connectivity index (χ1n) is 4.63. The van der Waals surface area contributed by atoms with Gasteiger partial charge >= 0.3 is 0 Å². The van der Waals surface area contributed by atoms with Gasteiger partial charge in [-0.2, -0.15) is 5.56 Å². The summed E-state index contributed by atoms with van der Waals surface area (Å²) < 4.78 is 0. The van der Waals surface area contributed by atoms with Crippen LogP contribution in [0.15, 0.2) is 36.5 Å². The van der Waals surface area contributed by atoms with Gasteiger partial charge in [0, 0.05) is 43.4 Å². The van der Waals surface area contributed by atoms with Crippen LogP contribution >= 0.6 is 23.2 Å². The minimum atomic E-state index is -0.0685. The van der Waals surface area contributed by atoms with Gasteiger partial charge in [-0.1, -0.05) is 36.7 Å². The van der Waals surface area contributed by atoms with E-state index in [1.165, 1.54) is 0 Å². The molecule has 0 aromatic heterocycles. The van der Waals surface area contributed by atoms with Crippen LogP contribution in [-0.2, 0) is 32.7 Å². The molecule has 1 aromatic carbocycles. The number of benzene rings is 1. The van der Waals surface area contributed by atoms with Crippen molar-refractivity contribution in [2.45, 2.75) is 11.8 Å². The van der Waals surface area contributed by atoms with Crippen LogP contribution in [0.2, 0.25) is 5.02 Å². The summed E-state index contributed by atoms with van der Waals surface area (Å²) in [4.78, 5) is 0. The normalized spacial score (nSPS) is 19.5. The summed E-state index contributed by atoms with van der Waals surface area (Å²) in [5.74, 6) is 0. The maximum atomic E-state index is 5.99. The third-order valence-corrected chi connectivity index (χ3v) is 2.92. The van der Waals surface area contributed by atoms with Crippen molar-refractivity contribution in [3.05, 3.63) is 53.2 Å². The fraction of sp³-hybridized carbons (Fsp3) is 0.167. The van der Waals surface area contributed by atoms with Crippen molar-refractivity contribution in [1.82, 2.24) is 5.32 Å². The average Bonchev–Trinajstić information content (AvgIpc) is 2.23. The van der Waals surface area contributed by atoms with Crippen LogP contribution in [0.3, 0.4) is 0 Å². The molecule has 81 valence electrons. The van der Waals surface area contributed by atoms with Gasteiger partial charge in [0.05, 0.1) is 5.38 Å². The Labute approximate surface area is 131 Å². The molecule has 1 radical (unpaired) electrons. The maximum Gasteiger partial charge on any atom is 0.0604 e. The summed E-state index contributed by atoms with van der Waals surface area (Å²) in [7, 11) is 0. The van der Waals surface area contributed by atoms with E-state index in [9.17, 15) is 0 Å². The Morgan fingerprint density at radius 1 is 1.31 bits per heavy atom. The van der Waals surface area contributed by atoms with Crippen molar-refractivity contribution in [2.75, 3.05) is 0 Å². The molecule has 1 heterocycles. The molecule has 1 atom stereocenters. The molecule has 1 N–H and O–H groups in total. The standard InChI is InChI=1S/C12H10Cl2N.Y/c1-8-11(14)6-7-12(15-8)9-2-4-10(13)5-3-9;/h2-5,11,15H,1,6H2;/q-1;. The number of hydrogen-bond acceptors (Lipinski definition) is 1. The van der Waals surface area contributed by atoms with Gasteiger partial charge in [0.15, 0.2) is 0 Å². The van der Waals surface area contributed by atoms with Gasteiger partial charge in [-0.3, -0.25) is 0 Å². The Kier molecular flexibility index (Phi) is 5.53. The molecule has 1 aromatic rings. The molecular weight excluding hydrogens is 318 g/mol. The molecule has 4 heteroatoms. The zero-order valence-corrected chi connectivity index (χ0v) is 13.0. The van der Waals surface area contributed by atoms with Crippen molar-refractivity contribution in [1.29, 1.82) is 0 Å². The van der Waals surface area contributed by atoms with Crippen LogP contribution in [-0.4, -0.2) is 5.38 Å². The predicted molar refractivity (Wildman–Crippen MR) is 64.6 cm³/mol. The number of hydrogen-bond donors (Lipinski definition) is 1. The third kappa shape index (κ3) is 3.34. The van der Waals surface area contributed by atoms with Crippen molar-refractivity contribution < 1.29 is 32.7 Å². The Hall–Kier alpha value is 0.184. The molecule has 0 amide bonds. The van der Waals surface area contributed by atoms with E-state index in [0.29, 0.717) is 6.42 Å². The van der Waals surface area contributed by atoms with Crippen molar-refractivity contribution in [2.24, 2.45) is 0 Å². The SMILES string of the molecule is C=C1NC(c2ccc(Cl)cc2)=[C-]CC1Cl.[Y]. The van der Waals surface area contributed by atoms with Crippen molar-refractivity contribution in [3.63, 3.8) is 0 Å². The average molecular weight is 328 g/mol. The second kappa shape index (κ2) is 6.21. The van der Waals surface area contributed by atoms with E-state index in [4.69, 9.17) is 23.2 Å². The van der Waals surface area contributed by atoms with Crippen LogP contribution in [0.1, 0.15) is 12.0 Å². The van der Waals surface area contributed by atoms with Gasteiger partial charge in [0.2, 0.25) is 0 Å². The monoisotopic (exact) mass is 327 g/mol. The Morgan fingerprint density at radius 3 is 2.50 bits per heavy atom. The van der Waals surface area contributed by atoms with E-state index >= 15 is 0 Å². The first-order chi connectivity index (χ1) is 7.16. The van der Waals surface area contributed by atoms with Crippen molar-refractivity contribution in [3.8, 4) is 0 Å². The molecule has 0 fully saturated rings. The van der Waals surface area contributed by atoms with Gasteiger partial charge < -0.3 is 5.32 Å². The number of nitrogens with one attached hydrogen (secondary N) is 1. The van der Waals surface area contributed by atoms with E-state index in [2.05, 4.69) is 18.0 Å². The summed E-state index contributed by atoms with van der Waals surface area (Å²) in [5.41, 5.74) is 2.79. The number of halogens is 2. The van der Waals surface area contributed by atoms with E-state index in [0.717, 1.165) is 22.0 Å². The Balaban J connectivity index is 0.00000128. The second-order valence-corrected chi connectivity index (χ2v) is 4.34. The largest absolute Gasteiger partial charge is 0.392 e. The van der Waals surface area contributed by atoms with E-state index in [1.54, 1.807) is 0 Å². The summed E-state index contributed by atoms with van der Waals surface area (Å²) in [6.07, 6.45) is 3.89. The topological polar surface area (TPSA) is 12.0 Å². The number of allylic oxidation sites excluding steroid dienone is 2. The number of rotatable bonds is 1. The quantitative estimate of drug-likeness (QED) is 0.614. The molecule has 1 unspecified atom stereocenters. The van der Waals surface area contributed by atoms with E-state index < -0.39 is 0 Å². The fourth-order valence-electron chi connectivity index (χ4n) is 1.39. The predicted octanol–water partition coefficient (Wildman–Crippen LogP) is 3.60. The molecule has 16 heavy (non-hydrogen) atoms. The van der Waals surface area contributed by atoms with Crippen LogP contribution in [0, 0.1) is 6.08 Å². The molecule has 2 rings (SSSR count). The zero-order valence-electron chi connectivity index (χ0n) is 8.63. The summed E-state index contributed by atoms with van der Waals surface area (Å²) in [6.45, 7) is 3.86. The molecule has 0 bridgehead atoms. The van der Waals surface area contributed by atoms with Gasteiger partial charge in [0.25, 0.3) is 0 Å². The first-order valence-corrected chi connectivity index (χ1v) is 5.45. The van der Waals surface area contributed by atoms with Gasteiger partial charge in [-0.15, -0.1) is 29.4 Å². The van der Waals surface area contributed by atoms with Gasteiger partial charge in [-0.05, 0) is 0 Å². The van der Waals surface area contributed by atoms with Crippen LogP contribution in [0.25, 0.3) is 5.70 Å². The molecular formula is C12H10Cl2NY-. The molecule has 0 spiro atoms. The molecule has 1 aliphatic heterocycles. The van der Waals surface area contributed by atoms with Crippen molar-refractivity contribution >= 4 is 28.9 Å². The smallest absolute Gasteiger partial charge is 0.0604 e. The molecule has 0 aliphatic carbocycles. The second-order valence-electron chi connectivity index (χ2n) is 3.38.